The van der Waals surface area contributed by atoms with E-state index < -0.39 is 12.5 Å². The van der Waals surface area contributed by atoms with Gasteiger partial charge < -0.3 is 20.9 Å². The quantitative estimate of drug-likeness (QED) is 0.348. The molecule has 0 spiro atoms. The van der Waals surface area contributed by atoms with E-state index in [4.69, 9.17) is 11.3 Å². The van der Waals surface area contributed by atoms with Crippen LogP contribution in [-0.2, 0) is 9.53 Å². The number of urea groups is 1. The molecular formula is C23H37F3N6O3. The molecule has 3 amide bonds. The number of halogens is 3. The summed E-state index contributed by atoms with van der Waals surface area (Å²) in [5.41, 5.74) is 12.6. The van der Waals surface area contributed by atoms with Gasteiger partial charge in [0.25, 0.3) is 0 Å². The van der Waals surface area contributed by atoms with Crippen molar-refractivity contribution in [2.24, 2.45) is 28.6 Å². The van der Waals surface area contributed by atoms with Crippen molar-refractivity contribution in [3.63, 3.8) is 0 Å². The normalized spacial score (nSPS) is 28.5. The van der Waals surface area contributed by atoms with Crippen LogP contribution in [0, 0.1) is 23.3 Å². The van der Waals surface area contributed by atoms with Crippen molar-refractivity contribution in [2.75, 3.05) is 39.3 Å². The van der Waals surface area contributed by atoms with Crippen LogP contribution in [0.3, 0.4) is 0 Å². The fourth-order valence-corrected chi connectivity index (χ4v) is 5.34. The van der Waals surface area contributed by atoms with Crippen LogP contribution in [0.5, 0.6) is 0 Å². The van der Waals surface area contributed by atoms with E-state index in [9.17, 15) is 22.8 Å². The highest BCUT2D eigenvalue weighted by atomic mass is 19.4. The maximum atomic E-state index is 12.7. The van der Waals surface area contributed by atoms with Crippen LogP contribution in [0.4, 0.5) is 18.0 Å². The molecule has 35 heavy (non-hydrogen) atoms. The van der Waals surface area contributed by atoms with E-state index >= 15 is 0 Å². The lowest BCUT2D eigenvalue weighted by atomic mass is 9.87. The lowest BCUT2D eigenvalue weighted by Crippen LogP contribution is -2.40. The van der Waals surface area contributed by atoms with Crippen LogP contribution in [0.1, 0.15) is 44.9 Å². The minimum atomic E-state index is -4.59. The molecule has 1 saturated carbocycles. The Kier molecular flexibility index (Phi) is 9.90. The number of hydrogen-bond donors (Lipinski definition) is 3. The van der Waals surface area contributed by atoms with E-state index in [2.05, 4.69) is 15.2 Å². The van der Waals surface area contributed by atoms with Gasteiger partial charge in [-0.3, -0.25) is 9.53 Å². The molecule has 3 unspecified atom stereocenters. The standard InChI is InChI=1S/C23H37F3N6O3/c24-23(25,26)35-20-4-1-16(2-5-20)3-6-21(33)31-11-8-17-14-32(15-18(17)9-12-31)22(34)29-10-7-19(13-27)30-28/h3,6,16-20,28H,1-2,4-5,7-15,27H2,(H,29,34). The number of hydrogen-bond acceptors (Lipinski definition) is 6. The topological polar surface area (TPSA) is 124 Å². The molecule has 0 aromatic carbocycles. The van der Waals surface area contributed by atoms with Gasteiger partial charge in [0.15, 0.2) is 0 Å². The Bertz CT molecular complexity index is 741. The number of carbonyl (C=O) groups is 2. The van der Waals surface area contributed by atoms with E-state index in [0.29, 0.717) is 76.7 Å². The van der Waals surface area contributed by atoms with Gasteiger partial charge in [-0.2, -0.15) is 5.11 Å². The Labute approximate surface area is 204 Å². The zero-order valence-electron chi connectivity index (χ0n) is 20.0. The Balaban J connectivity index is 1.38. The van der Waals surface area contributed by atoms with Gasteiger partial charge in [0.1, 0.15) is 0 Å². The Morgan fingerprint density at radius 2 is 1.71 bits per heavy atom. The van der Waals surface area contributed by atoms with Gasteiger partial charge in [-0.1, -0.05) is 6.08 Å². The highest BCUT2D eigenvalue weighted by Crippen LogP contribution is 2.33. The number of nitrogens with one attached hydrogen (secondary N) is 2. The molecule has 0 radical (unpaired) electrons. The van der Waals surface area contributed by atoms with Crippen LogP contribution in [-0.4, -0.2) is 79.5 Å². The number of ether oxygens (including phenoxy) is 1. The van der Waals surface area contributed by atoms with Crippen molar-refractivity contribution in [1.82, 2.24) is 15.1 Å². The molecule has 2 aliphatic heterocycles. The first-order valence-electron chi connectivity index (χ1n) is 12.5. The summed E-state index contributed by atoms with van der Waals surface area (Å²) in [5.74, 6) is 0.751. The fourth-order valence-electron chi connectivity index (χ4n) is 5.34. The van der Waals surface area contributed by atoms with E-state index in [-0.39, 0.29) is 30.4 Å². The van der Waals surface area contributed by atoms with Gasteiger partial charge in [-0.25, -0.2) is 10.3 Å². The minimum absolute atomic E-state index is 0.0532. The van der Waals surface area contributed by atoms with Crippen LogP contribution in [0.15, 0.2) is 17.3 Å². The third-order valence-electron chi connectivity index (χ3n) is 7.45. The molecule has 0 aromatic heterocycles. The van der Waals surface area contributed by atoms with Crippen molar-refractivity contribution in [2.45, 2.75) is 63.5 Å². The summed E-state index contributed by atoms with van der Waals surface area (Å²) in [5, 5.41) is 6.31. The van der Waals surface area contributed by atoms with Crippen LogP contribution in [0.25, 0.3) is 0 Å². The maximum Gasteiger partial charge on any atom is 0.522 e. The second-order valence-electron chi connectivity index (χ2n) is 9.83. The van der Waals surface area contributed by atoms with Gasteiger partial charge in [0, 0.05) is 39.3 Å². The molecule has 3 fully saturated rings. The van der Waals surface area contributed by atoms with Gasteiger partial charge in [-0.05, 0) is 68.8 Å². The third kappa shape index (κ3) is 8.45. The summed E-state index contributed by atoms with van der Waals surface area (Å²) < 4.78 is 41.2. The number of likely N-dealkylation sites (tertiary alicyclic amines) is 2. The van der Waals surface area contributed by atoms with Crippen molar-refractivity contribution >= 4 is 11.9 Å². The summed E-state index contributed by atoms with van der Waals surface area (Å²) >= 11 is 0. The monoisotopic (exact) mass is 502 g/mol. The van der Waals surface area contributed by atoms with Crippen LogP contribution >= 0.6 is 0 Å². The lowest BCUT2D eigenvalue weighted by Gasteiger charge is -2.27. The molecule has 2 heterocycles. The number of amides is 3. The number of nitrogens with zero attached hydrogens (tertiary/aromatic N) is 3. The van der Waals surface area contributed by atoms with Crippen molar-refractivity contribution in [3.8, 4) is 0 Å². The molecule has 1 aliphatic carbocycles. The fraction of sp³-hybridized carbons (Fsp3) is 0.826. The number of allylic oxidation sites excluding steroid dienone is 1. The van der Waals surface area contributed by atoms with Gasteiger partial charge in [0.2, 0.25) is 5.91 Å². The average molecular weight is 503 g/mol. The molecule has 12 heteroatoms. The smallest absolute Gasteiger partial charge is 0.339 e. The summed E-state index contributed by atoms with van der Waals surface area (Å²) in [6.45, 7) is 3.32. The predicted molar refractivity (Wildman–Crippen MR) is 122 cm³/mol. The Morgan fingerprint density at radius 1 is 1.09 bits per heavy atom. The molecule has 2 saturated heterocycles. The molecule has 3 rings (SSSR count). The molecule has 9 nitrogen and oxygen atoms in total. The number of carbonyl (C=O) groups excluding carboxylic acids is 2. The number of fused-ring (bicyclic) bond motifs is 1. The first kappa shape index (κ1) is 27.4. The van der Waals surface area contributed by atoms with Crippen molar-refractivity contribution in [1.29, 1.82) is 5.53 Å². The second kappa shape index (κ2) is 12.7. The summed E-state index contributed by atoms with van der Waals surface area (Å²) in [6.07, 6.45) is 2.09. The Morgan fingerprint density at radius 3 is 2.26 bits per heavy atom. The SMILES string of the molecule is N=NC(CN)CCNC(=O)N1CC2CCN(C(=O)C=CC3CCC(OC(F)(F)F)CC3)CCC2C1. The highest BCUT2D eigenvalue weighted by molar-refractivity contribution is 5.87. The lowest BCUT2D eigenvalue weighted by molar-refractivity contribution is -0.345. The Hall–Kier alpha value is -2.21. The molecule has 3 atom stereocenters. The van der Waals surface area contributed by atoms with Gasteiger partial charge in [0.05, 0.1) is 12.1 Å². The number of nitrogens with two attached hydrogens (primary N) is 1. The van der Waals surface area contributed by atoms with E-state index in [0.717, 1.165) is 12.8 Å². The van der Waals surface area contributed by atoms with E-state index in [1.807, 2.05) is 15.9 Å². The minimum Gasteiger partial charge on any atom is -0.339 e. The van der Waals surface area contributed by atoms with Crippen LogP contribution in [0.2, 0.25) is 0 Å². The number of alkyl halides is 3. The van der Waals surface area contributed by atoms with E-state index in [1.54, 1.807) is 6.08 Å². The number of rotatable bonds is 8. The summed E-state index contributed by atoms with van der Waals surface area (Å²) in [4.78, 5) is 28.9. The van der Waals surface area contributed by atoms with E-state index in [1.165, 1.54) is 0 Å². The second-order valence-corrected chi connectivity index (χ2v) is 9.83. The molecule has 4 N–H and O–H groups in total. The van der Waals surface area contributed by atoms with Crippen molar-refractivity contribution in [3.05, 3.63) is 12.2 Å². The summed E-state index contributed by atoms with van der Waals surface area (Å²) in [7, 11) is 0. The first-order chi connectivity index (χ1) is 16.7. The summed E-state index contributed by atoms with van der Waals surface area (Å²) in [6, 6.07) is -0.374. The maximum absolute atomic E-state index is 12.7. The average Bonchev–Trinajstić information content (AvgIpc) is 3.13. The molecule has 0 aromatic rings. The van der Waals surface area contributed by atoms with Gasteiger partial charge in [-0.15, -0.1) is 13.2 Å². The highest BCUT2D eigenvalue weighted by Gasteiger charge is 2.38. The zero-order chi connectivity index (χ0) is 25.4. The predicted octanol–water partition coefficient (Wildman–Crippen LogP) is 3.27. The van der Waals surface area contributed by atoms with Crippen molar-refractivity contribution < 1.29 is 27.5 Å². The third-order valence-corrected chi connectivity index (χ3v) is 7.45. The molecule has 0 bridgehead atoms. The van der Waals surface area contributed by atoms with Gasteiger partial charge >= 0.3 is 12.4 Å². The molecule has 3 aliphatic rings. The van der Waals surface area contributed by atoms with Crippen LogP contribution < -0.4 is 11.1 Å². The largest absolute Gasteiger partial charge is 0.522 e. The first-order valence-corrected chi connectivity index (χ1v) is 12.5. The molecular weight excluding hydrogens is 465 g/mol. The molecule has 198 valence electrons. The zero-order valence-corrected chi connectivity index (χ0v) is 20.0.